The highest BCUT2D eigenvalue weighted by Gasteiger charge is 2.32. The van der Waals surface area contributed by atoms with E-state index in [1.165, 1.54) is 6.20 Å². The quantitative estimate of drug-likeness (QED) is 0.837. The highest BCUT2D eigenvalue weighted by molar-refractivity contribution is 5.92. The molecular formula is C13H15N5O3. The van der Waals surface area contributed by atoms with Crippen LogP contribution in [0.1, 0.15) is 10.5 Å². The van der Waals surface area contributed by atoms with Crippen LogP contribution in [0, 0.1) is 0 Å². The van der Waals surface area contributed by atoms with Gasteiger partial charge in [-0.1, -0.05) is 0 Å². The van der Waals surface area contributed by atoms with Crippen molar-refractivity contribution in [2.45, 2.75) is 12.1 Å². The van der Waals surface area contributed by atoms with Gasteiger partial charge in [0.25, 0.3) is 5.91 Å². The van der Waals surface area contributed by atoms with Crippen molar-refractivity contribution in [1.82, 2.24) is 25.3 Å². The maximum Gasteiger partial charge on any atom is 0.272 e. The number of hydrogen-bond donors (Lipinski definition) is 1. The van der Waals surface area contributed by atoms with Crippen LogP contribution >= 0.6 is 0 Å². The van der Waals surface area contributed by atoms with Gasteiger partial charge in [0, 0.05) is 13.2 Å². The number of nitrogens with zero attached hydrogens (tertiary/aromatic N) is 4. The van der Waals surface area contributed by atoms with Crippen molar-refractivity contribution < 1.29 is 14.3 Å². The second-order valence-corrected chi connectivity index (χ2v) is 4.73. The third-order valence-electron chi connectivity index (χ3n) is 3.12. The van der Waals surface area contributed by atoms with Gasteiger partial charge in [-0.15, -0.1) is 5.10 Å². The van der Waals surface area contributed by atoms with E-state index in [2.05, 4.69) is 20.6 Å². The van der Waals surface area contributed by atoms with Crippen LogP contribution in [-0.4, -0.2) is 51.2 Å². The first-order chi connectivity index (χ1) is 10.2. The normalized spacial score (nSPS) is 21.2. The fraction of sp³-hybridized carbons (Fsp3) is 0.385. The third kappa shape index (κ3) is 3.16. The van der Waals surface area contributed by atoms with E-state index >= 15 is 0 Å². The Kier molecular flexibility index (Phi) is 3.78. The Labute approximate surface area is 121 Å². The highest BCUT2D eigenvalue weighted by atomic mass is 16.5. The zero-order chi connectivity index (χ0) is 14.7. The van der Waals surface area contributed by atoms with Gasteiger partial charge in [-0.3, -0.25) is 9.48 Å². The molecule has 3 rings (SSSR count). The van der Waals surface area contributed by atoms with E-state index in [0.717, 1.165) is 0 Å². The van der Waals surface area contributed by atoms with Crippen LogP contribution in [0.4, 0.5) is 0 Å². The van der Waals surface area contributed by atoms with Gasteiger partial charge in [-0.2, -0.15) is 10.2 Å². The van der Waals surface area contributed by atoms with Crippen molar-refractivity contribution in [3.8, 4) is 5.75 Å². The second-order valence-electron chi connectivity index (χ2n) is 4.73. The fourth-order valence-corrected chi connectivity index (χ4v) is 2.08. The molecule has 0 radical (unpaired) electrons. The summed E-state index contributed by atoms with van der Waals surface area (Å²) in [5.74, 6) is 0.352. The predicted molar refractivity (Wildman–Crippen MR) is 71.7 cm³/mol. The zero-order valence-corrected chi connectivity index (χ0v) is 11.5. The maximum absolute atomic E-state index is 12.1. The molecule has 0 aromatic carbocycles. The number of nitrogens with one attached hydrogen (secondary N) is 1. The monoisotopic (exact) mass is 289 g/mol. The first-order valence-corrected chi connectivity index (χ1v) is 6.54. The van der Waals surface area contributed by atoms with Crippen LogP contribution in [-0.2, 0) is 11.8 Å². The molecule has 8 nitrogen and oxygen atoms in total. The highest BCUT2D eigenvalue weighted by Crippen LogP contribution is 2.16. The fourth-order valence-electron chi connectivity index (χ4n) is 2.08. The standard InChI is InChI=1S/C13H15N5O3/c1-18-6-9(5-15-18)21-12-8-20-7-11(12)16-13(19)10-3-2-4-14-17-10/h2-6,11-12H,7-8H2,1H3,(H,16,19)/t11-,12+/m0/s1. The maximum atomic E-state index is 12.1. The van der Waals surface area contributed by atoms with Crippen molar-refractivity contribution in [2.24, 2.45) is 7.05 Å². The van der Waals surface area contributed by atoms with E-state index in [4.69, 9.17) is 9.47 Å². The van der Waals surface area contributed by atoms with E-state index in [-0.39, 0.29) is 23.7 Å². The van der Waals surface area contributed by atoms with Crippen LogP contribution in [0.25, 0.3) is 0 Å². The molecule has 2 aromatic rings. The minimum atomic E-state index is -0.293. The van der Waals surface area contributed by atoms with Gasteiger partial charge in [-0.25, -0.2) is 0 Å². The molecule has 21 heavy (non-hydrogen) atoms. The van der Waals surface area contributed by atoms with Gasteiger partial charge in [-0.05, 0) is 12.1 Å². The smallest absolute Gasteiger partial charge is 0.272 e. The van der Waals surface area contributed by atoms with Crippen LogP contribution < -0.4 is 10.1 Å². The zero-order valence-electron chi connectivity index (χ0n) is 11.5. The Bertz CT molecular complexity index is 615. The summed E-state index contributed by atoms with van der Waals surface area (Å²) in [6, 6.07) is 3.03. The molecule has 0 saturated carbocycles. The third-order valence-corrected chi connectivity index (χ3v) is 3.12. The van der Waals surface area contributed by atoms with Gasteiger partial charge in [0.2, 0.25) is 0 Å². The molecule has 0 spiro atoms. The van der Waals surface area contributed by atoms with E-state index < -0.39 is 0 Å². The molecular weight excluding hydrogens is 274 g/mol. The lowest BCUT2D eigenvalue weighted by Gasteiger charge is -2.19. The number of aryl methyl sites for hydroxylation is 1. The number of ether oxygens (including phenoxy) is 2. The Morgan fingerprint density at radius 1 is 1.52 bits per heavy atom. The minimum absolute atomic E-state index is 0.236. The Balaban J connectivity index is 1.63. The van der Waals surface area contributed by atoms with Gasteiger partial charge in [0.05, 0.1) is 31.6 Å². The molecule has 3 heterocycles. The first kappa shape index (κ1) is 13.5. The van der Waals surface area contributed by atoms with Gasteiger partial charge in [0.15, 0.2) is 11.4 Å². The molecule has 0 aliphatic carbocycles. The molecule has 1 amide bonds. The molecule has 8 heteroatoms. The number of carbonyl (C=O) groups excluding carboxylic acids is 1. The van der Waals surface area contributed by atoms with Crippen LogP contribution in [0.3, 0.4) is 0 Å². The van der Waals surface area contributed by atoms with Crippen LogP contribution in [0.5, 0.6) is 5.75 Å². The number of aromatic nitrogens is 4. The summed E-state index contributed by atoms with van der Waals surface area (Å²) in [5, 5.41) is 14.4. The summed E-state index contributed by atoms with van der Waals surface area (Å²) < 4.78 is 12.8. The van der Waals surface area contributed by atoms with Gasteiger partial charge < -0.3 is 14.8 Å². The summed E-state index contributed by atoms with van der Waals surface area (Å²) in [5.41, 5.74) is 0.268. The Morgan fingerprint density at radius 3 is 3.14 bits per heavy atom. The molecule has 1 aliphatic rings. The molecule has 110 valence electrons. The molecule has 0 unspecified atom stereocenters. The summed E-state index contributed by atoms with van der Waals surface area (Å²) >= 11 is 0. The lowest BCUT2D eigenvalue weighted by Crippen LogP contribution is -2.45. The summed E-state index contributed by atoms with van der Waals surface area (Å²) in [6.07, 6.45) is 4.65. The molecule has 1 N–H and O–H groups in total. The summed E-state index contributed by atoms with van der Waals surface area (Å²) in [7, 11) is 1.81. The number of rotatable bonds is 4. The average molecular weight is 289 g/mol. The lowest BCUT2D eigenvalue weighted by atomic mass is 10.2. The number of amides is 1. The predicted octanol–water partition coefficient (Wildman–Crippen LogP) is -0.214. The van der Waals surface area contributed by atoms with Crippen LogP contribution in [0.2, 0.25) is 0 Å². The van der Waals surface area contributed by atoms with E-state index in [9.17, 15) is 4.79 Å². The minimum Gasteiger partial charge on any atom is -0.482 e. The molecule has 1 saturated heterocycles. The van der Waals surface area contributed by atoms with E-state index in [0.29, 0.717) is 19.0 Å². The molecule has 1 fully saturated rings. The van der Waals surface area contributed by atoms with E-state index in [1.807, 2.05) is 7.05 Å². The largest absolute Gasteiger partial charge is 0.482 e. The molecule has 2 aromatic heterocycles. The van der Waals surface area contributed by atoms with Gasteiger partial charge >= 0.3 is 0 Å². The van der Waals surface area contributed by atoms with Crippen molar-refractivity contribution in [3.05, 3.63) is 36.4 Å². The van der Waals surface area contributed by atoms with Crippen molar-refractivity contribution >= 4 is 5.91 Å². The summed E-state index contributed by atoms with van der Waals surface area (Å²) in [4.78, 5) is 12.1. The molecule has 1 aliphatic heterocycles. The van der Waals surface area contributed by atoms with Crippen molar-refractivity contribution in [2.75, 3.05) is 13.2 Å². The topological polar surface area (TPSA) is 91.2 Å². The van der Waals surface area contributed by atoms with Crippen molar-refractivity contribution in [1.29, 1.82) is 0 Å². The van der Waals surface area contributed by atoms with E-state index in [1.54, 1.807) is 29.2 Å². The molecule has 2 atom stereocenters. The average Bonchev–Trinajstić information content (AvgIpc) is 3.10. The second kappa shape index (κ2) is 5.88. The summed E-state index contributed by atoms with van der Waals surface area (Å²) in [6.45, 7) is 0.817. The SMILES string of the molecule is Cn1cc(O[C@@H]2COC[C@@H]2NC(=O)c2cccnn2)cn1. The molecule has 0 bridgehead atoms. The van der Waals surface area contributed by atoms with Crippen LogP contribution in [0.15, 0.2) is 30.7 Å². The number of carbonyl (C=O) groups is 1. The Morgan fingerprint density at radius 2 is 2.43 bits per heavy atom. The number of hydrogen-bond acceptors (Lipinski definition) is 6. The Hall–Kier alpha value is -2.48. The van der Waals surface area contributed by atoms with Crippen molar-refractivity contribution in [3.63, 3.8) is 0 Å². The van der Waals surface area contributed by atoms with Gasteiger partial charge in [0.1, 0.15) is 6.10 Å². The lowest BCUT2D eigenvalue weighted by molar-refractivity contribution is 0.0898. The first-order valence-electron chi connectivity index (χ1n) is 6.54.